The first kappa shape index (κ1) is 18.2. The molecule has 2 aromatic carbocycles. The second-order valence-corrected chi connectivity index (χ2v) is 5.01. The lowest BCUT2D eigenvalue weighted by molar-refractivity contribution is -0.123. The molecule has 0 heterocycles. The first-order valence-corrected chi connectivity index (χ1v) is 7.27. The van der Waals surface area contributed by atoms with Crippen molar-refractivity contribution in [3.8, 4) is 11.5 Å². The maximum atomic E-state index is 12.2. The molecule has 25 heavy (non-hydrogen) atoms. The van der Waals surface area contributed by atoms with E-state index in [1.54, 1.807) is 18.2 Å². The fourth-order valence-electron chi connectivity index (χ4n) is 1.90. The Morgan fingerprint density at radius 3 is 2.48 bits per heavy atom. The molecule has 2 aromatic rings. The predicted octanol–water partition coefficient (Wildman–Crippen LogP) is 2.44. The molecule has 0 radical (unpaired) electrons. The van der Waals surface area contributed by atoms with Crippen molar-refractivity contribution in [3.05, 3.63) is 59.7 Å². The van der Waals surface area contributed by atoms with Gasteiger partial charge < -0.3 is 9.47 Å². The summed E-state index contributed by atoms with van der Waals surface area (Å²) in [7, 11) is 0. The number of hydrogen-bond acceptors (Lipinski definition) is 4. The van der Waals surface area contributed by atoms with Gasteiger partial charge in [0.05, 0.1) is 0 Å². The Morgan fingerprint density at radius 2 is 1.76 bits per heavy atom. The number of nitrogens with one attached hydrogen (secondary N) is 2. The van der Waals surface area contributed by atoms with Crippen LogP contribution in [0.2, 0.25) is 0 Å². The van der Waals surface area contributed by atoms with Crippen molar-refractivity contribution < 1.29 is 27.8 Å². The lowest BCUT2D eigenvalue weighted by atomic mass is 10.2. The molecular formula is C17H16F2N2O4. The SMILES string of the molecule is Cc1cccc(OCC(=O)NNC(=O)c2cccc(OC(F)F)c2)c1. The van der Waals surface area contributed by atoms with E-state index < -0.39 is 18.4 Å². The van der Waals surface area contributed by atoms with Gasteiger partial charge in [0.2, 0.25) is 0 Å². The van der Waals surface area contributed by atoms with Crippen LogP contribution in [-0.2, 0) is 4.79 Å². The van der Waals surface area contributed by atoms with E-state index >= 15 is 0 Å². The highest BCUT2D eigenvalue weighted by Crippen LogP contribution is 2.15. The summed E-state index contributed by atoms with van der Waals surface area (Å²) in [5.41, 5.74) is 5.38. The summed E-state index contributed by atoms with van der Waals surface area (Å²) in [5, 5.41) is 0. The molecule has 0 saturated carbocycles. The number of alkyl halides is 2. The highest BCUT2D eigenvalue weighted by Gasteiger charge is 2.11. The first-order valence-electron chi connectivity index (χ1n) is 7.27. The second kappa shape index (κ2) is 8.62. The minimum atomic E-state index is -2.99. The topological polar surface area (TPSA) is 76.7 Å². The smallest absolute Gasteiger partial charge is 0.387 e. The third kappa shape index (κ3) is 6.09. The fraction of sp³-hybridized carbons (Fsp3) is 0.176. The van der Waals surface area contributed by atoms with Crippen molar-refractivity contribution in [2.24, 2.45) is 0 Å². The van der Waals surface area contributed by atoms with Crippen LogP contribution in [-0.4, -0.2) is 25.0 Å². The molecule has 2 rings (SSSR count). The highest BCUT2D eigenvalue weighted by atomic mass is 19.3. The van der Waals surface area contributed by atoms with E-state index in [0.29, 0.717) is 5.75 Å². The third-order valence-corrected chi connectivity index (χ3v) is 3.00. The number of amides is 2. The van der Waals surface area contributed by atoms with Crippen molar-refractivity contribution in [1.29, 1.82) is 0 Å². The van der Waals surface area contributed by atoms with E-state index in [1.165, 1.54) is 18.2 Å². The number of hydrogen-bond donors (Lipinski definition) is 2. The minimum Gasteiger partial charge on any atom is -0.484 e. The van der Waals surface area contributed by atoms with E-state index in [2.05, 4.69) is 15.6 Å². The maximum Gasteiger partial charge on any atom is 0.387 e. The van der Waals surface area contributed by atoms with Gasteiger partial charge in [-0.3, -0.25) is 20.4 Å². The van der Waals surface area contributed by atoms with E-state index in [4.69, 9.17) is 4.74 Å². The van der Waals surface area contributed by atoms with Crippen molar-refractivity contribution in [3.63, 3.8) is 0 Å². The van der Waals surface area contributed by atoms with Crippen LogP contribution in [0.3, 0.4) is 0 Å². The Labute approximate surface area is 142 Å². The van der Waals surface area contributed by atoms with Crippen molar-refractivity contribution in [2.75, 3.05) is 6.61 Å². The normalized spacial score (nSPS) is 10.2. The van der Waals surface area contributed by atoms with Crippen LogP contribution in [0.5, 0.6) is 11.5 Å². The van der Waals surface area contributed by atoms with Gasteiger partial charge in [-0.1, -0.05) is 18.2 Å². The Bertz CT molecular complexity index is 753. The molecule has 2 N–H and O–H groups in total. The summed E-state index contributed by atoms with van der Waals surface area (Å²) >= 11 is 0. The third-order valence-electron chi connectivity index (χ3n) is 3.00. The number of carbonyl (C=O) groups is 2. The molecule has 6 nitrogen and oxygen atoms in total. The summed E-state index contributed by atoms with van der Waals surface area (Å²) in [6.07, 6.45) is 0. The molecule has 0 bridgehead atoms. The molecule has 0 atom stereocenters. The monoisotopic (exact) mass is 350 g/mol. The van der Waals surface area contributed by atoms with Gasteiger partial charge in [0, 0.05) is 5.56 Å². The highest BCUT2D eigenvalue weighted by molar-refractivity contribution is 5.95. The Morgan fingerprint density at radius 1 is 1.04 bits per heavy atom. The number of ether oxygens (including phenoxy) is 2. The van der Waals surface area contributed by atoms with Crippen LogP contribution in [0.25, 0.3) is 0 Å². The number of benzene rings is 2. The lowest BCUT2D eigenvalue weighted by Gasteiger charge is -2.10. The summed E-state index contributed by atoms with van der Waals surface area (Å²) in [4.78, 5) is 23.6. The molecular weight excluding hydrogens is 334 g/mol. The fourth-order valence-corrected chi connectivity index (χ4v) is 1.90. The summed E-state index contributed by atoms with van der Waals surface area (Å²) in [5.74, 6) is -0.881. The van der Waals surface area contributed by atoms with Crippen LogP contribution < -0.4 is 20.3 Å². The first-order chi connectivity index (χ1) is 11.9. The molecule has 0 aromatic heterocycles. The van der Waals surface area contributed by atoms with Crippen molar-refractivity contribution in [2.45, 2.75) is 13.5 Å². The van der Waals surface area contributed by atoms with Crippen LogP contribution >= 0.6 is 0 Å². The molecule has 8 heteroatoms. The Balaban J connectivity index is 1.82. The van der Waals surface area contributed by atoms with E-state index in [1.807, 2.05) is 13.0 Å². The van der Waals surface area contributed by atoms with Gasteiger partial charge in [0.15, 0.2) is 6.61 Å². The number of hydrazine groups is 1. The van der Waals surface area contributed by atoms with E-state index in [9.17, 15) is 18.4 Å². The van der Waals surface area contributed by atoms with Gasteiger partial charge in [-0.15, -0.1) is 0 Å². The molecule has 0 aliphatic carbocycles. The number of aryl methyl sites for hydroxylation is 1. The molecule has 132 valence electrons. The van der Waals surface area contributed by atoms with Crippen LogP contribution in [0.15, 0.2) is 48.5 Å². The Kier molecular flexibility index (Phi) is 6.27. The molecule has 0 aliphatic rings. The molecule has 0 saturated heterocycles. The van der Waals surface area contributed by atoms with Gasteiger partial charge in [-0.25, -0.2) is 0 Å². The van der Waals surface area contributed by atoms with Gasteiger partial charge in [-0.05, 0) is 42.8 Å². The Hall–Kier alpha value is -3.16. The largest absolute Gasteiger partial charge is 0.484 e. The predicted molar refractivity (Wildman–Crippen MR) is 85.4 cm³/mol. The summed E-state index contributed by atoms with van der Waals surface area (Å²) in [6, 6.07) is 12.3. The van der Waals surface area contributed by atoms with Gasteiger partial charge in [-0.2, -0.15) is 8.78 Å². The van der Waals surface area contributed by atoms with E-state index in [0.717, 1.165) is 11.6 Å². The minimum absolute atomic E-state index is 0.0538. The molecule has 0 unspecified atom stereocenters. The maximum absolute atomic E-state index is 12.2. The molecule has 0 aliphatic heterocycles. The van der Waals surface area contributed by atoms with Gasteiger partial charge in [0.1, 0.15) is 11.5 Å². The zero-order valence-corrected chi connectivity index (χ0v) is 13.3. The average Bonchev–Trinajstić information content (AvgIpc) is 2.57. The summed E-state index contributed by atoms with van der Waals surface area (Å²) in [6.45, 7) is -1.39. The van der Waals surface area contributed by atoms with Crippen molar-refractivity contribution >= 4 is 11.8 Å². The zero-order chi connectivity index (χ0) is 18.2. The average molecular weight is 350 g/mol. The lowest BCUT2D eigenvalue weighted by Crippen LogP contribution is -2.43. The second-order valence-electron chi connectivity index (χ2n) is 5.01. The molecule has 0 fully saturated rings. The standard InChI is InChI=1S/C17H16F2N2O4/c1-11-4-2-6-13(8-11)24-10-15(22)20-21-16(23)12-5-3-7-14(9-12)25-17(18)19/h2-9,17H,10H2,1H3,(H,20,22)(H,21,23). The van der Waals surface area contributed by atoms with Gasteiger partial charge in [0.25, 0.3) is 11.8 Å². The quantitative estimate of drug-likeness (QED) is 0.785. The molecule has 2 amide bonds. The van der Waals surface area contributed by atoms with Crippen LogP contribution in [0.4, 0.5) is 8.78 Å². The van der Waals surface area contributed by atoms with Crippen LogP contribution in [0.1, 0.15) is 15.9 Å². The summed E-state index contributed by atoms with van der Waals surface area (Å²) < 4.78 is 33.8. The van der Waals surface area contributed by atoms with Crippen LogP contribution in [0, 0.1) is 6.92 Å². The molecule has 0 spiro atoms. The van der Waals surface area contributed by atoms with E-state index in [-0.39, 0.29) is 17.9 Å². The number of rotatable bonds is 6. The number of halogens is 2. The zero-order valence-electron chi connectivity index (χ0n) is 13.3. The van der Waals surface area contributed by atoms with Crippen molar-refractivity contribution in [1.82, 2.24) is 10.9 Å². The van der Waals surface area contributed by atoms with Gasteiger partial charge >= 0.3 is 6.61 Å². The number of carbonyl (C=O) groups excluding carboxylic acids is 2.